The van der Waals surface area contributed by atoms with E-state index in [2.05, 4.69) is 11.4 Å². The van der Waals surface area contributed by atoms with E-state index in [9.17, 15) is 9.59 Å². The zero-order valence-corrected chi connectivity index (χ0v) is 14.4. The molecule has 1 amide bonds. The van der Waals surface area contributed by atoms with Crippen LogP contribution < -0.4 is 10.1 Å². The van der Waals surface area contributed by atoms with Gasteiger partial charge in [-0.1, -0.05) is 30.4 Å². The molecule has 1 atom stereocenters. The Hall–Kier alpha value is -3.08. The van der Waals surface area contributed by atoms with E-state index < -0.39 is 0 Å². The molecule has 2 aromatic carbocycles. The van der Waals surface area contributed by atoms with Crippen molar-refractivity contribution in [2.75, 3.05) is 11.9 Å². The molecule has 0 saturated heterocycles. The fraction of sp³-hybridized carbons (Fsp3) is 0.238. The van der Waals surface area contributed by atoms with Crippen molar-refractivity contribution in [2.45, 2.75) is 19.3 Å². The van der Waals surface area contributed by atoms with Gasteiger partial charge in [0.25, 0.3) is 5.91 Å². The molecule has 2 aromatic rings. The van der Waals surface area contributed by atoms with Crippen LogP contribution in [0.3, 0.4) is 0 Å². The summed E-state index contributed by atoms with van der Waals surface area (Å²) in [6.07, 6.45) is 6.40. The number of carbonyl (C=O) groups excluding carboxylic acids is 2. The lowest BCUT2D eigenvalue weighted by Crippen LogP contribution is -2.21. The second kappa shape index (κ2) is 8.85. The van der Waals surface area contributed by atoms with Gasteiger partial charge < -0.3 is 14.8 Å². The summed E-state index contributed by atoms with van der Waals surface area (Å²) < 4.78 is 10.7. The summed E-state index contributed by atoms with van der Waals surface area (Å²) in [5.41, 5.74) is 0.616. The van der Waals surface area contributed by atoms with Crippen molar-refractivity contribution < 1.29 is 19.1 Å². The van der Waals surface area contributed by atoms with Gasteiger partial charge in [-0.3, -0.25) is 9.59 Å². The van der Waals surface area contributed by atoms with E-state index in [0.717, 1.165) is 18.6 Å². The van der Waals surface area contributed by atoms with Crippen LogP contribution in [0.5, 0.6) is 11.5 Å². The molecule has 0 bridgehead atoms. The molecule has 5 heteroatoms. The predicted molar refractivity (Wildman–Crippen MR) is 99.0 cm³/mol. The van der Waals surface area contributed by atoms with Crippen LogP contribution >= 0.6 is 0 Å². The summed E-state index contributed by atoms with van der Waals surface area (Å²) in [5, 5.41) is 2.70. The SMILES string of the molecule is O=C(COC(=O)C[C@H]1C=CCC1)Nc1ccc(Oc2ccccc2)cc1. The average molecular weight is 351 g/mol. The molecule has 3 rings (SSSR count). The van der Waals surface area contributed by atoms with E-state index in [-0.39, 0.29) is 24.4 Å². The summed E-state index contributed by atoms with van der Waals surface area (Å²) in [4.78, 5) is 23.6. The number of anilines is 1. The molecule has 0 spiro atoms. The monoisotopic (exact) mass is 351 g/mol. The lowest BCUT2D eigenvalue weighted by atomic mass is 10.1. The molecule has 0 aliphatic heterocycles. The first-order valence-corrected chi connectivity index (χ1v) is 8.64. The zero-order valence-electron chi connectivity index (χ0n) is 14.4. The van der Waals surface area contributed by atoms with Crippen LogP contribution in [0.2, 0.25) is 0 Å². The number of benzene rings is 2. The van der Waals surface area contributed by atoms with E-state index in [0.29, 0.717) is 17.9 Å². The number of para-hydroxylation sites is 1. The first-order chi connectivity index (χ1) is 12.7. The summed E-state index contributed by atoms with van der Waals surface area (Å²) in [7, 11) is 0. The second-order valence-electron chi connectivity index (χ2n) is 6.12. The van der Waals surface area contributed by atoms with Crippen molar-refractivity contribution in [1.82, 2.24) is 0 Å². The third kappa shape index (κ3) is 5.48. The van der Waals surface area contributed by atoms with Gasteiger partial charge in [0.15, 0.2) is 6.61 Å². The van der Waals surface area contributed by atoms with E-state index >= 15 is 0 Å². The lowest BCUT2D eigenvalue weighted by Gasteiger charge is -2.10. The van der Waals surface area contributed by atoms with Gasteiger partial charge in [0.1, 0.15) is 11.5 Å². The molecular formula is C21H21NO4. The Morgan fingerprint density at radius 1 is 1.00 bits per heavy atom. The molecule has 0 heterocycles. The largest absolute Gasteiger partial charge is 0.457 e. The highest BCUT2D eigenvalue weighted by molar-refractivity contribution is 5.92. The third-order valence-electron chi connectivity index (χ3n) is 4.02. The fourth-order valence-electron chi connectivity index (χ4n) is 2.71. The predicted octanol–water partition coefficient (Wildman–Crippen LogP) is 4.32. The molecule has 5 nitrogen and oxygen atoms in total. The number of amides is 1. The Kier molecular flexibility index (Phi) is 6.04. The summed E-state index contributed by atoms with van der Waals surface area (Å²) in [6, 6.07) is 16.5. The smallest absolute Gasteiger partial charge is 0.306 e. The summed E-state index contributed by atoms with van der Waals surface area (Å²) >= 11 is 0. The second-order valence-corrected chi connectivity index (χ2v) is 6.12. The highest BCUT2D eigenvalue weighted by Gasteiger charge is 2.16. The molecule has 1 aliphatic carbocycles. The highest BCUT2D eigenvalue weighted by atomic mass is 16.5. The molecule has 1 aliphatic rings. The molecule has 0 fully saturated rings. The molecule has 0 radical (unpaired) electrons. The first-order valence-electron chi connectivity index (χ1n) is 8.64. The molecule has 1 N–H and O–H groups in total. The van der Waals surface area contributed by atoms with Crippen LogP contribution in [0.1, 0.15) is 19.3 Å². The van der Waals surface area contributed by atoms with Gasteiger partial charge in [-0.05, 0) is 55.2 Å². The molecule has 0 saturated carbocycles. The Bertz CT molecular complexity index is 768. The van der Waals surface area contributed by atoms with Crippen molar-refractivity contribution >= 4 is 17.6 Å². The number of allylic oxidation sites excluding steroid dienone is 2. The van der Waals surface area contributed by atoms with E-state index in [4.69, 9.17) is 9.47 Å². The quantitative estimate of drug-likeness (QED) is 0.596. The fourth-order valence-corrected chi connectivity index (χ4v) is 2.71. The van der Waals surface area contributed by atoms with Gasteiger partial charge in [-0.15, -0.1) is 0 Å². The first kappa shape index (κ1) is 17.7. The summed E-state index contributed by atoms with van der Waals surface area (Å²) in [6.45, 7) is -0.280. The van der Waals surface area contributed by atoms with Crippen LogP contribution in [-0.4, -0.2) is 18.5 Å². The van der Waals surface area contributed by atoms with Gasteiger partial charge in [-0.25, -0.2) is 0 Å². The number of ether oxygens (including phenoxy) is 2. The molecule has 0 unspecified atom stereocenters. The molecule has 26 heavy (non-hydrogen) atoms. The lowest BCUT2D eigenvalue weighted by molar-refractivity contribution is -0.147. The van der Waals surface area contributed by atoms with Crippen molar-refractivity contribution in [3.05, 3.63) is 66.7 Å². The van der Waals surface area contributed by atoms with Crippen LogP contribution in [0, 0.1) is 5.92 Å². The Labute approximate surface area is 152 Å². The third-order valence-corrected chi connectivity index (χ3v) is 4.02. The van der Waals surface area contributed by atoms with Crippen molar-refractivity contribution in [3.8, 4) is 11.5 Å². The number of hydrogen-bond acceptors (Lipinski definition) is 4. The van der Waals surface area contributed by atoms with Gasteiger partial charge in [-0.2, -0.15) is 0 Å². The Balaban J connectivity index is 1.42. The Morgan fingerprint density at radius 2 is 1.73 bits per heavy atom. The standard InChI is InChI=1S/C21H21NO4/c23-20(15-25-21(24)14-16-6-4-5-7-16)22-17-10-12-19(13-11-17)26-18-8-2-1-3-9-18/h1-4,6,8-13,16H,5,7,14-15H2,(H,22,23)/t16-/m0/s1. The molecular weight excluding hydrogens is 330 g/mol. The van der Waals surface area contributed by atoms with Crippen molar-refractivity contribution in [2.24, 2.45) is 5.92 Å². The van der Waals surface area contributed by atoms with Gasteiger partial charge in [0.05, 0.1) is 6.42 Å². The van der Waals surface area contributed by atoms with Crippen LogP contribution in [0.4, 0.5) is 5.69 Å². The average Bonchev–Trinajstić information content (AvgIpc) is 3.15. The number of hydrogen-bond donors (Lipinski definition) is 1. The minimum atomic E-state index is -0.364. The maximum atomic E-state index is 11.9. The van der Waals surface area contributed by atoms with Crippen molar-refractivity contribution in [1.29, 1.82) is 0 Å². The number of carbonyl (C=O) groups is 2. The van der Waals surface area contributed by atoms with Crippen molar-refractivity contribution in [3.63, 3.8) is 0 Å². The Morgan fingerprint density at radius 3 is 2.42 bits per heavy atom. The number of rotatable bonds is 7. The minimum absolute atomic E-state index is 0.239. The van der Waals surface area contributed by atoms with E-state index in [1.54, 1.807) is 24.3 Å². The molecule has 0 aromatic heterocycles. The van der Waals surface area contributed by atoms with Crippen LogP contribution in [-0.2, 0) is 14.3 Å². The number of nitrogens with one attached hydrogen (secondary N) is 1. The normalized spacial score (nSPS) is 15.5. The summed E-state index contributed by atoms with van der Waals surface area (Å²) in [5.74, 6) is 0.946. The zero-order chi connectivity index (χ0) is 18.2. The van der Waals surface area contributed by atoms with Crippen LogP contribution in [0.25, 0.3) is 0 Å². The van der Waals surface area contributed by atoms with Gasteiger partial charge in [0.2, 0.25) is 0 Å². The number of esters is 1. The van der Waals surface area contributed by atoms with Gasteiger partial charge in [0, 0.05) is 5.69 Å². The van der Waals surface area contributed by atoms with Gasteiger partial charge >= 0.3 is 5.97 Å². The van der Waals surface area contributed by atoms with E-state index in [1.807, 2.05) is 36.4 Å². The minimum Gasteiger partial charge on any atom is -0.457 e. The maximum absolute atomic E-state index is 11.9. The molecule has 134 valence electrons. The topological polar surface area (TPSA) is 64.6 Å². The highest BCUT2D eigenvalue weighted by Crippen LogP contribution is 2.23. The van der Waals surface area contributed by atoms with E-state index in [1.165, 1.54) is 0 Å². The van der Waals surface area contributed by atoms with Crippen LogP contribution in [0.15, 0.2) is 66.7 Å². The maximum Gasteiger partial charge on any atom is 0.306 e.